The molecule has 0 radical (unpaired) electrons. The van der Waals surface area contributed by atoms with Crippen molar-refractivity contribution < 1.29 is 23.8 Å². The zero-order valence-corrected chi connectivity index (χ0v) is 19.4. The van der Waals surface area contributed by atoms with E-state index < -0.39 is 0 Å². The van der Waals surface area contributed by atoms with Crippen molar-refractivity contribution in [2.24, 2.45) is 0 Å². The molecular weight excluding hydrogens is 456 g/mol. The Morgan fingerprint density at radius 1 is 1.00 bits per heavy atom. The van der Waals surface area contributed by atoms with E-state index in [2.05, 4.69) is 15.3 Å². The second-order valence-corrected chi connectivity index (χ2v) is 8.12. The SMILES string of the molecule is COc1ccc(Oc2ccnc(N(C)CCOc3ccc(C=C4NC(=O)SC4=O)cc3)n2)cc1. The molecule has 1 N–H and O–H groups in total. The van der Waals surface area contributed by atoms with Gasteiger partial charge in [0, 0.05) is 31.1 Å². The summed E-state index contributed by atoms with van der Waals surface area (Å²) in [5.41, 5.74) is 1.07. The number of methoxy groups -OCH3 is 1. The van der Waals surface area contributed by atoms with E-state index in [1.165, 1.54) is 0 Å². The van der Waals surface area contributed by atoms with Crippen molar-refractivity contribution in [2.45, 2.75) is 0 Å². The molecule has 1 amide bonds. The first-order valence-corrected chi connectivity index (χ1v) is 11.2. The second-order valence-electron chi connectivity index (χ2n) is 7.17. The van der Waals surface area contributed by atoms with Crippen LogP contribution in [0.15, 0.2) is 66.5 Å². The average molecular weight is 479 g/mol. The van der Waals surface area contributed by atoms with Crippen LogP contribution in [0.3, 0.4) is 0 Å². The van der Waals surface area contributed by atoms with Crippen LogP contribution in [0.5, 0.6) is 23.1 Å². The van der Waals surface area contributed by atoms with Gasteiger partial charge < -0.3 is 24.4 Å². The molecule has 0 atom stereocenters. The first-order valence-electron chi connectivity index (χ1n) is 10.3. The molecule has 0 unspecified atom stereocenters. The Morgan fingerprint density at radius 3 is 2.38 bits per heavy atom. The van der Waals surface area contributed by atoms with E-state index >= 15 is 0 Å². The number of amides is 1. The Hall–Kier alpha value is -4.05. The first-order chi connectivity index (χ1) is 16.5. The molecule has 174 valence electrons. The largest absolute Gasteiger partial charge is 0.497 e. The van der Waals surface area contributed by atoms with Gasteiger partial charge in [-0.2, -0.15) is 4.98 Å². The van der Waals surface area contributed by atoms with Gasteiger partial charge in [-0.1, -0.05) is 12.1 Å². The van der Waals surface area contributed by atoms with Gasteiger partial charge in [0.05, 0.1) is 19.4 Å². The maximum absolute atomic E-state index is 11.7. The molecule has 0 spiro atoms. The lowest BCUT2D eigenvalue weighted by atomic mass is 10.2. The number of likely N-dealkylation sites (N-methyl/N-ethyl adjacent to an activating group) is 1. The fourth-order valence-corrected chi connectivity index (χ4v) is 3.54. The molecule has 2 heterocycles. The number of benzene rings is 2. The Bertz CT molecular complexity index is 1200. The number of hydrogen-bond donors (Lipinski definition) is 1. The summed E-state index contributed by atoms with van der Waals surface area (Å²) in [4.78, 5) is 33.5. The van der Waals surface area contributed by atoms with E-state index in [0.717, 1.165) is 11.3 Å². The summed E-state index contributed by atoms with van der Waals surface area (Å²) in [7, 11) is 3.48. The van der Waals surface area contributed by atoms with E-state index in [1.807, 2.05) is 36.2 Å². The molecule has 0 saturated carbocycles. The molecule has 1 aliphatic rings. The average Bonchev–Trinajstić information content (AvgIpc) is 3.17. The molecule has 10 heteroatoms. The fourth-order valence-electron chi connectivity index (χ4n) is 2.99. The molecular formula is C24H22N4O5S. The molecule has 2 aromatic carbocycles. The molecule has 34 heavy (non-hydrogen) atoms. The van der Waals surface area contributed by atoms with Crippen LogP contribution >= 0.6 is 11.8 Å². The van der Waals surface area contributed by atoms with Crippen molar-refractivity contribution in [3.05, 3.63) is 72.1 Å². The summed E-state index contributed by atoms with van der Waals surface area (Å²) in [5, 5.41) is 1.88. The number of ether oxygens (including phenoxy) is 3. The third-order valence-electron chi connectivity index (χ3n) is 4.77. The molecule has 1 aromatic heterocycles. The molecule has 1 fully saturated rings. The van der Waals surface area contributed by atoms with Crippen LogP contribution in [0.2, 0.25) is 0 Å². The van der Waals surface area contributed by atoms with Gasteiger partial charge in [0.15, 0.2) is 0 Å². The van der Waals surface area contributed by atoms with Gasteiger partial charge >= 0.3 is 0 Å². The van der Waals surface area contributed by atoms with Crippen LogP contribution in [-0.2, 0) is 4.79 Å². The molecule has 4 rings (SSSR count). The smallest absolute Gasteiger partial charge is 0.291 e. The highest BCUT2D eigenvalue weighted by atomic mass is 32.2. The zero-order chi connectivity index (χ0) is 23.9. The van der Waals surface area contributed by atoms with Gasteiger partial charge in [-0.05, 0) is 48.0 Å². The van der Waals surface area contributed by atoms with Crippen molar-refractivity contribution >= 4 is 34.1 Å². The molecule has 0 bridgehead atoms. The highest BCUT2D eigenvalue weighted by Crippen LogP contribution is 2.24. The van der Waals surface area contributed by atoms with Gasteiger partial charge in [-0.15, -0.1) is 0 Å². The minimum Gasteiger partial charge on any atom is -0.497 e. The van der Waals surface area contributed by atoms with E-state index in [0.29, 0.717) is 48.2 Å². The number of carbonyl (C=O) groups is 2. The number of anilines is 1. The van der Waals surface area contributed by atoms with Crippen LogP contribution in [0.25, 0.3) is 6.08 Å². The van der Waals surface area contributed by atoms with E-state index in [1.54, 1.807) is 49.7 Å². The summed E-state index contributed by atoms with van der Waals surface area (Å²) in [6.45, 7) is 0.963. The maximum Gasteiger partial charge on any atom is 0.291 e. The number of aromatic nitrogens is 2. The van der Waals surface area contributed by atoms with E-state index in [9.17, 15) is 9.59 Å². The number of rotatable bonds is 9. The predicted molar refractivity (Wildman–Crippen MR) is 129 cm³/mol. The first kappa shape index (κ1) is 23.1. The van der Waals surface area contributed by atoms with Crippen molar-refractivity contribution in [1.29, 1.82) is 0 Å². The van der Waals surface area contributed by atoms with Gasteiger partial charge in [-0.25, -0.2) is 4.98 Å². The summed E-state index contributed by atoms with van der Waals surface area (Å²) in [6, 6.07) is 16.2. The van der Waals surface area contributed by atoms with Crippen molar-refractivity contribution in [3.8, 4) is 23.1 Å². The number of nitrogens with one attached hydrogen (secondary N) is 1. The topological polar surface area (TPSA) is 103 Å². The second kappa shape index (κ2) is 10.7. The Kier molecular flexibility index (Phi) is 7.28. The molecule has 9 nitrogen and oxygen atoms in total. The monoisotopic (exact) mass is 478 g/mol. The van der Waals surface area contributed by atoms with Crippen molar-refractivity contribution in [1.82, 2.24) is 15.3 Å². The highest BCUT2D eigenvalue weighted by Gasteiger charge is 2.25. The van der Waals surface area contributed by atoms with Crippen LogP contribution in [-0.4, -0.2) is 47.6 Å². The molecule has 0 aliphatic carbocycles. The minimum absolute atomic E-state index is 0.281. The van der Waals surface area contributed by atoms with Crippen LogP contribution in [0.1, 0.15) is 5.56 Å². The van der Waals surface area contributed by atoms with Gasteiger partial charge in [-0.3, -0.25) is 9.59 Å². The Morgan fingerprint density at radius 2 is 1.71 bits per heavy atom. The third-order valence-corrected chi connectivity index (χ3v) is 5.46. The van der Waals surface area contributed by atoms with Crippen molar-refractivity contribution in [3.63, 3.8) is 0 Å². The summed E-state index contributed by atoms with van der Waals surface area (Å²) in [6.07, 6.45) is 3.28. The lowest BCUT2D eigenvalue weighted by Crippen LogP contribution is -2.25. The quantitative estimate of drug-likeness (QED) is 0.455. The molecule has 3 aromatic rings. The number of carbonyl (C=O) groups excluding carboxylic acids is 2. The molecule has 1 saturated heterocycles. The Balaban J connectivity index is 1.28. The standard InChI is InChI=1S/C24H22N4O5S/c1-28(23-25-12-11-21(27-23)33-19-9-7-17(31-2)8-10-19)13-14-32-18-5-3-16(4-6-18)15-20-22(29)34-24(30)26-20/h3-12,15H,13-14H2,1-2H3,(H,26,30). The zero-order valence-electron chi connectivity index (χ0n) is 18.6. The Labute approximate surface area is 200 Å². The summed E-state index contributed by atoms with van der Waals surface area (Å²) in [5.74, 6) is 3.03. The highest BCUT2D eigenvalue weighted by molar-refractivity contribution is 8.27. The maximum atomic E-state index is 11.7. The van der Waals surface area contributed by atoms with Crippen LogP contribution in [0.4, 0.5) is 10.7 Å². The fraction of sp³-hybridized carbons (Fsp3) is 0.167. The van der Waals surface area contributed by atoms with Gasteiger partial charge in [0.1, 0.15) is 23.9 Å². The van der Waals surface area contributed by atoms with Crippen LogP contribution in [0, 0.1) is 0 Å². The summed E-state index contributed by atoms with van der Waals surface area (Å²) < 4.78 is 16.8. The predicted octanol–water partition coefficient (Wildman–Crippen LogP) is 4.12. The van der Waals surface area contributed by atoms with Gasteiger partial charge in [0.25, 0.3) is 5.24 Å². The number of thioether (sulfide) groups is 1. The lowest BCUT2D eigenvalue weighted by molar-refractivity contribution is -0.107. The van der Waals surface area contributed by atoms with Gasteiger partial charge in [0.2, 0.25) is 16.9 Å². The normalized spacial score (nSPS) is 14.1. The lowest BCUT2D eigenvalue weighted by Gasteiger charge is -2.17. The minimum atomic E-state index is -0.359. The van der Waals surface area contributed by atoms with Crippen LogP contribution < -0.4 is 24.4 Å². The third kappa shape index (κ3) is 6.04. The summed E-state index contributed by atoms with van der Waals surface area (Å²) >= 11 is 0.656. The van der Waals surface area contributed by atoms with E-state index in [-0.39, 0.29) is 16.1 Å². The number of nitrogens with zero attached hydrogens (tertiary/aromatic N) is 3. The van der Waals surface area contributed by atoms with Crippen molar-refractivity contribution in [2.75, 3.05) is 32.2 Å². The molecule has 1 aliphatic heterocycles. The van der Waals surface area contributed by atoms with E-state index in [4.69, 9.17) is 14.2 Å². The number of hydrogen-bond acceptors (Lipinski definition) is 9.